The van der Waals surface area contributed by atoms with E-state index >= 15 is 0 Å². The van der Waals surface area contributed by atoms with E-state index < -0.39 is 5.91 Å². The third-order valence-electron chi connectivity index (χ3n) is 5.03. The molecule has 0 aliphatic rings. The molecule has 0 unspecified atom stereocenters. The number of anilines is 1. The zero-order chi connectivity index (χ0) is 25.5. The van der Waals surface area contributed by atoms with E-state index in [2.05, 4.69) is 44.1 Å². The van der Waals surface area contributed by atoms with Crippen LogP contribution in [-0.4, -0.2) is 13.0 Å². The third-order valence-corrected chi connectivity index (χ3v) is 7.91. The van der Waals surface area contributed by atoms with Crippen molar-refractivity contribution < 1.29 is 14.3 Å². The van der Waals surface area contributed by atoms with Crippen molar-refractivity contribution in [3.8, 4) is 17.6 Å². The molecular formula is C26H20Br2Cl2N2O3. The van der Waals surface area contributed by atoms with Gasteiger partial charge >= 0.3 is 0 Å². The van der Waals surface area contributed by atoms with Gasteiger partial charge in [-0.1, -0.05) is 48.3 Å². The summed E-state index contributed by atoms with van der Waals surface area (Å²) in [6.45, 7) is 2.27. The Morgan fingerprint density at radius 3 is 2.34 bits per heavy atom. The van der Waals surface area contributed by atoms with Crippen LogP contribution >= 0.6 is 55.1 Å². The normalized spacial score (nSPS) is 11.1. The lowest BCUT2D eigenvalue weighted by Gasteiger charge is -2.16. The molecule has 0 radical (unpaired) electrons. The van der Waals surface area contributed by atoms with Gasteiger partial charge in [-0.05, 0) is 91.4 Å². The second-order valence-electron chi connectivity index (χ2n) is 7.34. The van der Waals surface area contributed by atoms with Crippen LogP contribution in [0.2, 0.25) is 10.0 Å². The number of ether oxygens (including phenoxy) is 2. The maximum absolute atomic E-state index is 12.7. The number of nitriles is 1. The maximum Gasteiger partial charge on any atom is 0.266 e. The van der Waals surface area contributed by atoms with Crippen molar-refractivity contribution in [3.63, 3.8) is 0 Å². The summed E-state index contributed by atoms with van der Waals surface area (Å²) in [6.07, 6.45) is 2.38. The lowest BCUT2D eigenvalue weighted by atomic mass is 10.1. The summed E-state index contributed by atoms with van der Waals surface area (Å²) in [5.74, 6) is 0.347. The Hall–Kier alpha value is -2.50. The van der Waals surface area contributed by atoms with Crippen LogP contribution in [0.5, 0.6) is 11.5 Å². The fourth-order valence-electron chi connectivity index (χ4n) is 3.11. The minimum Gasteiger partial charge on any atom is -0.493 e. The first-order chi connectivity index (χ1) is 16.8. The average Bonchev–Trinajstić information content (AvgIpc) is 2.86. The molecule has 0 heterocycles. The molecule has 1 amide bonds. The quantitative estimate of drug-likeness (QED) is 0.199. The monoisotopic (exact) mass is 636 g/mol. The van der Waals surface area contributed by atoms with Gasteiger partial charge in [-0.15, -0.1) is 0 Å². The van der Waals surface area contributed by atoms with Gasteiger partial charge in [0.2, 0.25) is 0 Å². The van der Waals surface area contributed by atoms with Gasteiger partial charge in [0.25, 0.3) is 5.91 Å². The molecule has 0 saturated heterocycles. The highest BCUT2D eigenvalue weighted by atomic mass is 79.9. The van der Waals surface area contributed by atoms with Gasteiger partial charge in [0, 0.05) is 10.2 Å². The molecule has 0 saturated carbocycles. The highest BCUT2D eigenvalue weighted by Gasteiger charge is 2.19. The predicted molar refractivity (Wildman–Crippen MR) is 147 cm³/mol. The Bertz CT molecular complexity index is 1320. The minimum atomic E-state index is -0.515. The highest BCUT2D eigenvalue weighted by molar-refractivity contribution is 9.13. The number of halogens is 4. The van der Waals surface area contributed by atoms with Gasteiger partial charge in [0.15, 0.2) is 11.5 Å². The Morgan fingerprint density at radius 2 is 1.74 bits per heavy atom. The van der Waals surface area contributed by atoms with Crippen LogP contribution in [0.3, 0.4) is 0 Å². The molecule has 35 heavy (non-hydrogen) atoms. The number of amides is 1. The standard InChI is InChI=1S/C26H20Br2Cl2N2O3/c1-3-15-4-7-19(8-5-15)32-26(33)18(13-31)11-17-12-22(34-2)25(24(28)23(17)27)35-14-16-6-9-20(29)21(30)10-16/h4-12H,3,14H2,1-2H3,(H,32,33)/b18-11-. The SMILES string of the molecule is CCc1ccc(NC(=O)/C(C#N)=C\c2cc(OC)c(OCc3ccc(Cl)c(Cl)c3)c(Br)c2Br)cc1. The third kappa shape index (κ3) is 6.80. The van der Waals surface area contributed by atoms with Crippen LogP contribution in [0.25, 0.3) is 6.08 Å². The molecule has 0 bridgehead atoms. The summed E-state index contributed by atoms with van der Waals surface area (Å²) in [5.41, 5.74) is 3.08. The van der Waals surface area contributed by atoms with E-state index in [0.717, 1.165) is 17.5 Å². The largest absolute Gasteiger partial charge is 0.493 e. The molecule has 0 atom stereocenters. The smallest absolute Gasteiger partial charge is 0.266 e. The van der Waals surface area contributed by atoms with E-state index in [0.29, 0.717) is 41.7 Å². The zero-order valence-corrected chi connectivity index (χ0v) is 23.5. The molecule has 3 aromatic rings. The number of hydrogen-bond donors (Lipinski definition) is 1. The van der Waals surface area contributed by atoms with Crippen molar-refractivity contribution >= 4 is 72.7 Å². The summed E-state index contributed by atoms with van der Waals surface area (Å²) in [7, 11) is 1.51. The Kier molecular flexibility index (Phi) is 9.64. The lowest BCUT2D eigenvalue weighted by Crippen LogP contribution is -2.13. The molecular weight excluding hydrogens is 619 g/mol. The number of rotatable bonds is 8. The van der Waals surface area contributed by atoms with Crippen molar-refractivity contribution in [2.45, 2.75) is 20.0 Å². The van der Waals surface area contributed by atoms with Crippen molar-refractivity contribution in [1.82, 2.24) is 0 Å². The van der Waals surface area contributed by atoms with Crippen LogP contribution in [0.15, 0.2) is 63.0 Å². The van der Waals surface area contributed by atoms with Gasteiger partial charge in [0.1, 0.15) is 18.2 Å². The summed E-state index contributed by atoms with van der Waals surface area (Å²) in [5, 5.41) is 13.3. The van der Waals surface area contributed by atoms with Crippen LogP contribution in [-0.2, 0) is 17.8 Å². The topological polar surface area (TPSA) is 71.4 Å². The van der Waals surface area contributed by atoms with E-state index in [1.807, 2.05) is 24.3 Å². The summed E-state index contributed by atoms with van der Waals surface area (Å²) < 4.78 is 12.7. The van der Waals surface area contributed by atoms with Crippen LogP contribution in [0.1, 0.15) is 23.6 Å². The molecule has 9 heteroatoms. The average molecular weight is 639 g/mol. The van der Waals surface area contributed by atoms with E-state index in [-0.39, 0.29) is 12.2 Å². The second kappa shape index (κ2) is 12.5. The minimum absolute atomic E-state index is 0.0660. The first-order valence-electron chi connectivity index (χ1n) is 10.4. The van der Waals surface area contributed by atoms with E-state index in [4.69, 9.17) is 32.7 Å². The number of carbonyl (C=O) groups is 1. The molecule has 5 nitrogen and oxygen atoms in total. The molecule has 0 aromatic heterocycles. The summed E-state index contributed by atoms with van der Waals surface area (Å²) in [6, 6.07) is 16.4. The maximum atomic E-state index is 12.7. The van der Waals surface area contributed by atoms with Gasteiger partial charge in [-0.2, -0.15) is 5.26 Å². The van der Waals surface area contributed by atoms with Crippen molar-refractivity contribution in [2.75, 3.05) is 12.4 Å². The lowest BCUT2D eigenvalue weighted by molar-refractivity contribution is -0.112. The van der Waals surface area contributed by atoms with Crippen molar-refractivity contribution in [1.29, 1.82) is 5.26 Å². The molecule has 3 aromatic carbocycles. The van der Waals surface area contributed by atoms with Gasteiger partial charge in [0.05, 0.1) is 21.6 Å². The van der Waals surface area contributed by atoms with E-state index in [9.17, 15) is 10.1 Å². The number of nitrogens with zero attached hydrogens (tertiary/aromatic N) is 1. The number of aryl methyl sites for hydroxylation is 1. The second-order valence-corrected chi connectivity index (χ2v) is 9.74. The van der Waals surface area contributed by atoms with E-state index in [1.54, 1.807) is 30.3 Å². The fourth-order valence-corrected chi connectivity index (χ4v) is 4.38. The van der Waals surface area contributed by atoms with Crippen LogP contribution < -0.4 is 14.8 Å². The molecule has 180 valence electrons. The number of benzene rings is 3. The Labute approximate surface area is 230 Å². The van der Waals surface area contributed by atoms with Gasteiger partial charge in [-0.3, -0.25) is 4.79 Å². The van der Waals surface area contributed by atoms with Gasteiger partial charge in [-0.25, -0.2) is 0 Å². The number of methoxy groups -OCH3 is 1. The number of hydrogen-bond acceptors (Lipinski definition) is 4. The molecule has 1 N–H and O–H groups in total. The number of carbonyl (C=O) groups excluding carboxylic acids is 1. The molecule has 3 rings (SSSR count). The summed E-state index contributed by atoms with van der Waals surface area (Å²) in [4.78, 5) is 12.7. The zero-order valence-electron chi connectivity index (χ0n) is 18.8. The van der Waals surface area contributed by atoms with Crippen LogP contribution in [0, 0.1) is 11.3 Å². The number of nitrogens with one attached hydrogen (secondary N) is 1. The molecule has 0 aliphatic carbocycles. The Balaban J connectivity index is 1.86. The van der Waals surface area contributed by atoms with Crippen molar-refractivity contribution in [3.05, 3.63) is 89.8 Å². The van der Waals surface area contributed by atoms with Gasteiger partial charge < -0.3 is 14.8 Å². The Morgan fingerprint density at radius 1 is 1.06 bits per heavy atom. The highest BCUT2D eigenvalue weighted by Crippen LogP contribution is 2.44. The molecule has 0 fully saturated rings. The van der Waals surface area contributed by atoms with Crippen LogP contribution in [0.4, 0.5) is 5.69 Å². The summed E-state index contributed by atoms with van der Waals surface area (Å²) >= 11 is 19.1. The fraction of sp³-hybridized carbons (Fsp3) is 0.154. The molecule has 0 spiro atoms. The first-order valence-corrected chi connectivity index (χ1v) is 12.8. The van der Waals surface area contributed by atoms with Crippen molar-refractivity contribution in [2.24, 2.45) is 0 Å². The van der Waals surface area contributed by atoms with E-state index in [1.165, 1.54) is 13.2 Å². The predicted octanol–water partition coefficient (Wildman–Crippen LogP) is 8.21. The first kappa shape index (κ1) is 27.1. The molecule has 0 aliphatic heterocycles.